The summed E-state index contributed by atoms with van der Waals surface area (Å²) >= 11 is 0. The number of unbranched alkanes of at least 4 members (excludes halogenated alkanes) is 1. The topological polar surface area (TPSA) is 85.4 Å². The van der Waals surface area contributed by atoms with Gasteiger partial charge in [0.25, 0.3) is 5.91 Å². The van der Waals surface area contributed by atoms with E-state index < -0.39 is 0 Å². The van der Waals surface area contributed by atoms with E-state index >= 15 is 0 Å². The second kappa shape index (κ2) is 7.16. The van der Waals surface area contributed by atoms with Crippen molar-refractivity contribution >= 4 is 17.4 Å². The molecule has 24 heavy (non-hydrogen) atoms. The minimum atomic E-state index is -0.294. The number of carbonyl (C=O) groups is 1. The van der Waals surface area contributed by atoms with Gasteiger partial charge in [0, 0.05) is 24.4 Å². The van der Waals surface area contributed by atoms with Crippen molar-refractivity contribution in [1.29, 1.82) is 0 Å². The molecule has 126 valence electrons. The van der Waals surface area contributed by atoms with Gasteiger partial charge in [0.1, 0.15) is 17.3 Å². The van der Waals surface area contributed by atoms with Crippen LogP contribution >= 0.6 is 0 Å². The normalized spacial score (nSPS) is 12.1. The maximum absolute atomic E-state index is 12.4. The molecule has 2 aromatic rings. The number of rotatable bonds is 6. The van der Waals surface area contributed by atoms with E-state index in [4.69, 9.17) is 9.47 Å². The molecule has 3 rings (SSSR count). The first-order chi connectivity index (χ1) is 11.7. The Morgan fingerprint density at radius 2 is 2.04 bits per heavy atom. The van der Waals surface area contributed by atoms with Gasteiger partial charge in [0.15, 0.2) is 11.5 Å². The number of nitrogens with zero attached hydrogens (tertiary/aromatic N) is 2. The number of aryl methyl sites for hydroxylation is 1. The molecule has 1 aliphatic rings. The van der Waals surface area contributed by atoms with Crippen LogP contribution in [-0.4, -0.2) is 29.2 Å². The smallest absolute Gasteiger partial charge is 0.274 e. The molecule has 2 heterocycles. The Balaban J connectivity index is 1.72. The lowest BCUT2D eigenvalue weighted by Gasteiger charge is -2.09. The van der Waals surface area contributed by atoms with Gasteiger partial charge in [-0.3, -0.25) is 4.79 Å². The van der Waals surface area contributed by atoms with Gasteiger partial charge in [-0.2, -0.15) is 0 Å². The number of carbonyl (C=O) groups excluding carboxylic acids is 1. The molecular weight excluding hydrogens is 308 g/mol. The third kappa shape index (κ3) is 3.73. The minimum Gasteiger partial charge on any atom is -0.454 e. The van der Waals surface area contributed by atoms with Crippen LogP contribution in [0.3, 0.4) is 0 Å². The van der Waals surface area contributed by atoms with E-state index in [-0.39, 0.29) is 12.7 Å². The summed E-state index contributed by atoms with van der Waals surface area (Å²) < 4.78 is 10.6. The predicted molar refractivity (Wildman–Crippen MR) is 90.7 cm³/mol. The maximum atomic E-state index is 12.4. The van der Waals surface area contributed by atoms with Crippen LogP contribution in [0.25, 0.3) is 0 Å². The fourth-order valence-corrected chi connectivity index (χ4v) is 2.34. The molecule has 1 amide bonds. The monoisotopic (exact) mass is 328 g/mol. The summed E-state index contributed by atoms with van der Waals surface area (Å²) in [6.07, 6.45) is 2.14. The Bertz CT molecular complexity index is 749. The molecule has 1 aliphatic heterocycles. The van der Waals surface area contributed by atoms with E-state index in [1.54, 1.807) is 31.2 Å². The van der Waals surface area contributed by atoms with Gasteiger partial charge in [0.2, 0.25) is 6.79 Å². The molecule has 0 saturated heterocycles. The number of hydrogen-bond acceptors (Lipinski definition) is 6. The number of aromatic nitrogens is 2. The molecule has 0 radical (unpaired) electrons. The zero-order chi connectivity index (χ0) is 16.9. The Labute approximate surface area is 140 Å². The number of amides is 1. The van der Waals surface area contributed by atoms with Gasteiger partial charge in [-0.05, 0) is 25.5 Å². The van der Waals surface area contributed by atoms with Crippen LogP contribution in [-0.2, 0) is 0 Å². The van der Waals surface area contributed by atoms with Crippen LogP contribution in [0.4, 0.5) is 11.5 Å². The summed E-state index contributed by atoms with van der Waals surface area (Å²) in [7, 11) is 0. The first-order valence-electron chi connectivity index (χ1n) is 7.96. The summed E-state index contributed by atoms with van der Waals surface area (Å²) in [4.78, 5) is 21.0. The number of benzene rings is 1. The summed E-state index contributed by atoms with van der Waals surface area (Å²) in [6, 6.07) is 6.92. The van der Waals surface area contributed by atoms with Gasteiger partial charge in [-0.15, -0.1) is 0 Å². The van der Waals surface area contributed by atoms with Crippen molar-refractivity contribution in [1.82, 2.24) is 9.97 Å². The molecule has 0 saturated carbocycles. The molecule has 0 bridgehead atoms. The summed E-state index contributed by atoms with van der Waals surface area (Å²) in [5.74, 6) is 2.21. The fraction of sp³-hybridized carbons (Fsp3) is 0.353. The van der Waals surface area contributed by atoms with Gasteiger partial charge in [-0.1, -0.05) is 13.3 Å². The molecule has 7 nitrogen and oxygen atoms in total. The SMILES string of the molecule is CCCCNc1cc(C(=O)Nc2ccc3c(c2)OCO3)nc(C)n1. The average molecular weight is 328 g/mol. The lowest BCUT2D eigenvalue weighted by atomic mass is 10.2. The van der Waals surface area contributed by atoms with Crippen molar-refractivity contribution in [2.24, 2.45) is 0 Å². The molecule has 0 unspecified atom stereocenters. The van der Waals surface area contributed by atoms with Crippen molar-refractivity contribution in [3.63, 3.8) is 0 Å². The first kappa shape index (κ1) is 16.0. The number of ether oxygens (including phenoxy) is 2. The van der Waals surface area contributed by atoms with E-state index in [1.807, 2.05) is 0 Å². The van der Waals surface area contributed by atoms with Gasteiger partial charge in [0.05, 0.1) is 0 Å². The summed E-state index contributed by atoms with van der Waals surface area (Å²) in [6.45, 7) is 4.90. The molecule has 0 aliphatic carbocycles. The van der Waals surface area contributed by atoms with Crippen molar-refractivity contribution in [2.45, 2.75) is 26.7 Å². The Morgan fingerprint density at radius 3 is 2.88 bits per heavy atom. The second-order valence-corrected chi connectivity index (χ2v) is 5.49. The Hall–Kier alpha value is -2.83. The Morgan fingerprint density at radius 1 is 1.21 bits per heavy atom. The van der Waals surface area contributed by atoms with Crippen LogP contribution < -0.4 is 20.1 Å². The fourth-order valence-electron chi connectivity index (χ4n) is 2.34. The highest BCUT2D eigenvalue weighted by Gasteiger charge is 2.16. The summed E-state index contributed by atoms with van der Waals surface area (Å²) in [5.41, 5.74) is 0.945. The van der Waals surface area contributed by atoms with Crippen LogP contribution in [0.15, 0.2) is 24.3 Å². The predicted octanol–water partition coefficient (Wildman–Crippen LogP) is 2.98. The third-order valence-corrected chi connectivity index (χ3v) is 3.54. The molecule has 1 aromatic carbocycles. The highest BCUT2D eigenvalue weighted by molar-refractivity contribution is 6.03. The number of hydrogen-bond donors (Lipinski definition) is 2. The lowest BCUT2D eigenvalue weighted by molar-refractivity contribution is 0.102. The molecule has 1 aromatic heterocycles. The quantitative estimate of drug-likeness (QED) is 0.793. The second-order valence-electron chi connectivity index (χ2n) is 5.49. The number of anilines is 2. The minimum absolute atomic E-state index is 0.199. The Kier molecular flexibility index (Phi) is 4.79. The van der Waals surface area contributed by atoms with Crippen molar-refractivity contribution < 1.29 is 14.3 Å². The zero-order valence-corrected chi connectivity index (χ0v) is 13.8. The van der Waals surface area contributed by atoms with E-state index in [0.29, 0.717) is 34.5 Å². The van der Waals surface area contributed by atoms with E-state index in [9.17, 15) is 4.79 Å². The van der Waals surface area contributed by atoms with Crippen LogP contribution in [0.2, 0.25) is 0 Å². The standard InChI is InChI=1S/C17H20N4O3/c1-3-4-7-18-16-9-13(19-11(2)20-16)17(22)21-12-5-6-14-15(8-12)24-10-23-14/h5-6,8-9H,3-4,7,10H2,1-2H3,(H,21,22)(H,18,19,20). The van der Waals surface area contributed by atoms with Crippen molar-refractivity contribution in [2.75, 3.05) is 24.0 Å². The maximum Gasteiger partial charge on any atom is 0.274 e. The molecule has 0 spiro atoms. The van der Waals surface area contributed by atoms with Gasteiger partial charge < -0.3 is 20.1 Å². The van der Waals surface area contributed by atoms with Crippen molar-refractivity contribution in [3.8, 4) is 11.5 Å². The number of fused-ring (bicyclic) bond motifs is 1. The highest BCUT2D eigenvalue weighted by Crippen LogP contribution is 2.34. The van der Waals surface area contributed by atoms with Crippen LogP contribution in [0.5, 0.6) is 11.5 Å². The van der Waals surface area contributed by atoms with Crippen LogP contribution in [0.1, 0.15) is 36.1 Å². The van der Waals surface area contributed by atoms with E-state index in [2.05, 4.69) is 27.5 Å². The van der Waals surface area contributed by atoms with Gasteiger partial charge >= 0.3 is 0 Å². The number of nitrogens with one attached hydrogen (secondary N) is 2. The van der Waals surface area contributed by atoms with Gasteiger partial charge in [-0.25, -0.2) is 9.97 Å². The average Bonchev–Trinajstić information content (AvgIpc) is 3.02. The highest BCUT2D eigenvalue weighted by atomic mass is 16.7. The van der Waals surface area contributed by atoms with E-state index in [0.717, 1.165) is 19.4 Å². The largest absolute Gasteiger partial charge is 0.454 e. The lowest BCUT2D eigenvalue weighted by Crippen LogP contribution is -2.16. The van der Waals surface area contributed by atoms with Crippen LogP contribution in [0, 0.1) is 6.92 Å². The zero-order valence-electron chi connectivity index (χ0n) is 13.8. The molecule has 2 N–H and O–H groups in total. The molecule has 0 atom stereocenters. The third-order valence-electron chi connectivity index (χ3n) is 3.54. The summed E-state index contributed by atoms with van der Waals surface area (Å²) in [5, 5.41) is 6.03. The molecule has 7 heteroatoms. The molecule has 0 fully saturated rings. The van der Waals surface area contributed by atoms with Crippen molar-refractivity contribution in [3.05, 3.63) is 35.8 Å². The molecular formula is C17H20N4O3. The first-order valence-corrected chi connectivity index (χ1v) is 7.96. The van der Waals surface area contributed by atoms with E-state index in [1.165, 1.54) is 0 Å².